The number of pyridine rings is 1. The summed E-state index contributed by atoms with van der Waals surface area (Å²) in [5, 5.41) is 2.80. The first-order valence-electron chi connectivity index (χ1n) is 7.82. The van der Waals surface area contributed by atoms with E-state index in [-0.39, 0.29) is 11.7 Å². The number of nitrogens with one attached hydrogen (secondary N) is 1. The molecule has 2 aromatic carbocycles. The summed E-state index contributed by atoms with van der Waals surface area (Å²) in [4.78, 5) is 16.4. The minimum atomic E-state index is -0.279. The molecular formula is C20H17FN2O2. The minimum absolute atomic E-state index is 0.278. The fourth-order valence-electron chi connectivity index (χ4n) is 2.28. The van der Waals surface area contributed by atoms with E-state index >= 15 is 0 Å². The molecule has 3 rings (SSSR count). The monoisotopic (exact) mass is 336 g/mol. The van der Waals surface area contributed by atoms with Crippen LogP contribution in [-0.2, 0) is 6.61 Å². The van der Waals surface area contributed by atoms with Gasteiger partial charge in [0, 0.05) is 17.4 Å². The van der Waals surface area contributed by atoms with Crippen molar-refractivity contribution in [3.63, 3.8) is 0 Å². The number of hydrogen-bond donors (Lipinski definition) is 1. The Morgan fingerprint density at radius 1 is 1.08 bits per heavy atom. The van der Waals surface area contributed by atoms with E-state index < -0.39 is 0 Å². The molecule has 1 amide bonds. The Kier molecular flexibility index (Phi) is 5.04. The van der Waals surface area contributed by atoms with Gasteiger partial charge in [-0.05, 0) is 48.9 Å². The second-order valence-corrected chi connectivity index (χ2v) is 5.56. The summed E-state index contributed by atoms with van der Waals surface area (Å²) in [5.74, 6) is 0.0527. The zero-order valence-electron chi connectivity index (χ0n) is 13.7. The molecule has 25 heavy (non-hydrogen) atoms. The van der Waals surface area contributed by atoms with Crippen molar-refractivity contribution in [2.45, 2.75) is 13.5 Å². The van der Waals surface area contributed by atoms with Crippen LogP contribution in [0.25, 0.3) is 0 Å². The van der Waals surface area contributed by atoms with Crippen LogP contribution < -0.4 is 10.1 Å². The van der Waals surface area contributed by atoms with E-state index in [1.165, 1.54) is 12.1 Å². The van der Waals surface area contributed by atoms with Crippen LogP contribution in [0.2, 0.25) is 0 Å². The maximum Gasteiger partial charge on any atom is 0.274 e. The minimum Gasteiger partial charge on any atom is -0.489 e. The molecule has 5 heteroatoms. The molecule has 0 saturated carbocycles. The van der Waals surface area contributed by atoms with Crippen molar-refractivity contribution in [2.24, 2.45) is 0 Å². The lowest BCUT2D eigenvalue weighted by Gasteiger charge is -2.09. The molecular weight excluding hydrogens is 319 g/mol. The van der Waals surface area contributed by atoms with E-state index in [1.807, 2.05) is 13.0 Å². The number of ether oxygens (including phenoxy) is 1. The van der Waals surface area contributed by atoms with Crippen LogP contribution in [-0.4, -0.2) is 10.9 Å². The number of nitrogens with zero attached hydrogens (tertiary/aromatic N) is 1. The highest BCUT2D eigenvalue weighted by molar-refractivity contribution is 6.02. The first kappa shape index (κ1) is 16.6. The standard InChI is InChI=1S/C20H17FN2O2/c1-14-4-2-7-19(22-14)20(24)23-17-5-3-6-18(12-17)25-13-15-8-10-16(21)11-9-15/h2-12H,13H2,1H3,(H,23,24). The van der Waals surface area contributed by atoms with Gasteiger partial charge in [-0.15, -0.1) is 0 Å². The van der Waals surface area contributed by atoms with Crippen molar-refractivity contribution in [2.75, 3.05) is 5.32 Å². The van der Waals surface area contributed by atoms with Gasteiger partial charge in [-0.2, -0.15) is 0 Å². The van der Waals surface area contributed by atoms with Crippen LogP contribution in [0, 0.1) is 12.7 Å². The molecule has 0 fully saturated rings. The van der Waals surface area contributed by atoms with Gasteiger partial charge in [0.15, 0.2) is 0 Å². The molecule has 0 aliphatic carbocycles. The lowest BCUT2D eigenvalue weighted by molar-refractivity contribution is 0.102. The number of rotatable bonds is 5. The molecule has 1 N–H and O–H groups in total. The summed E-state index contributed by atoms with van der Waals surface area (Å²) in [6, 6.07) is 18.5. The fraction of sp³-hybridized carbons (Fsp3) is 0.100. The summed E-state index contributed by atoms with van der Waals surface area (Å²) in [5.41, 5.74) is 2.62. The highest BCUT2D eigenvalue weighted by Gasteiger charge is 2.08. The Morgan fingerprint density at radius 3 is 2.60 bits per heavy atom. The number of amides is 1. The Morgan fingerprint density at radius 2 is 1.84 bits per heavy atom. The lowest BCUT2D eigenvalue weighted by Crippen LogP contribution is -2.14. The topological polar surface area (TPSA) is 51.2 Å². The normalized spacial score (nSPS) is 10.3. The molecule has 126 valence electrons. The van der Waals surface area contributed by atoms with Crippen LogP contribution in [0.1, 0.15) is 21.7 Å². The third-order valence-electron chi connectivity index (χ3n) is 3.53. The molecule has 0 radical (unpaired) electrons. The number of carbonyl (C=O) groups excluding carboxylic acids is 1. The lowest BCUT2D eigenvalue weighted by atomic mass is 10.2. The number of aromatic nitrogens is 1. The van der Waals surface area contributed by atoms with Crippen molar-refractivity contribution in [3.8, 4) is 5.75 Å². The van der Waals surface area contributed by atoms with Crippen molar-refractivity contribution in [3.05, 3.63) is 89.5 Å². The Bertz CT molecular complexity index is 879. The third kappa shape index (κ3) is 4.64. The summed E-state index contributed by atoms with van der Waals surface area (Å²) in [7, 11) is 0. The average molecular weight is 336 g/mol. The first-order valence-corrected chi connectivity index (χ1v) is 7.82. The predicted octanol–water partition coefficient (Wildman–Crippen LogP) is 4.36. The highest BCUT2D eigenvalue weighted by atomic mass is 19.1. The second kappa shape index (κ2) is 7.57. The molecule has 3 aromatic rings. The van der Waals surface area contributed by atoms with Gasteiger partial charge in [-0.3, -0.25) is 4.79 Å². The van der Waals surface area contributed by atoms with Gasteiger partial charge in [0.1, 0.15) is 23.9 Å². The molecule has 0 aliphatic heterocycles. The summed E-state index contributed by atoms with van der Waals surface area (Å²) >= 11 is 0. The number of aryl methyl sites for hydroxylation is 1. The molecule has 1 heterocycles. The zero-order valence-corrected chi connectivity index (χ0v) is 13.7. The maximum absolute atomic E-state index is 12.9. The van der Waals surface area contributed by atoms with Gasteiger partial charge < -0.3 is 10.1 Å². The molecule has 0 saturated heterocycles. The van der Waals surface area contributed by atoms with Crippen molar-refractivity contribution < 1.29 is 13.9 Å². The molecule has 0 atom stereocenters. The second-order valence-electron chi connectivity index (χ2n) is 5.56. The molecule has 0 aliphatic rings. The summed E-state index contributed by atoms with van der Waals surface area (Å²) in [6.45, 7) is 2.15. The van der Waals surface area contributed by atoms with Crippen LogP contribution in [0.3, 0.4) is 0 Å². The van der Waals surface area contributed by atoms with Crippen LogP contribution in [0.15, 0.2) is 66.7 Å². The van der Waals surface area contributed by atoms with E-state index in [9.17, 15) is 9.18 Å². The SMILES string of the molecule is Cc1cccc(C(=O)Nc2cccc(OCc3ccc(F)cc3)c2)n1. The van der Waals surface area contributed by atoms with Gasteiger partial charge in [-0.1, -0.05) is 24.3 Å². The van der Waals surface area contributed by atoms with E-state index in [0.29, 0.717) is 23.7 Å². The van der Waals surface area contributed by atoms with E-state index in [4.69, 9.17) is 4.74 Å². The van der Waals surface area contributed by atoms with E-state index in [1.54, 1.807) is 48.5 Å². The Labute approximate surface area is 145 Å². The van der Waals surface area contributed by atoms with Gasteiger partial charge in [0.2, 0.25) is 0 Å². The predicted molar refractivity (Wildman–Crippen MR) is 94.1 cm³/mol. The highest BCUT2D eigenvalue weighted by Crippen LogP contribution is 2.19. The van der Waals surface area contributed by atoms with Crippen molar-refractivity contribution >= 4 is 11.6 Å². The van der Waals surface area contributed by atoms with E-state index in [2.05, 4.69) is 10.3 Å². The molecule has 0 unspecified atom stereocenters. The number of hydrogen-bond acceptors (Lipinski definition) is 3. The van der Waals surface area contributed by atoms with Gasteiger partial charge in [0.25, 0.3) is 5.91 Å². The molecule has 0 spiro atoms. The third-order valence-corrected chi connectivity index (χ3v) is 3.53. The van der Waals surface area contributed by atoms with Crippen molar-refractivity contribution in [1.82, 2.24) is 4.98 Å². The number of halogens is 1. The van der Waals surface area contributed by atoms with Crippen LogP contribution in [0.5, 0.6) is 5.75 Å². The quantitative estimate of drug-likeness (QED) is 0.753. The number of carbonyl (C=O) groups is 1. The van der Waals surface area contributed by atoms with E-state index in [0.717, 1.165) is 11.3 Å². The summed E-state index contributed by atoms with van der Waals surface area (Å²) < 4.78 is 18.6. The number of benzene rings is 2. The van der Waals surface area contributed by atoms with Gasteiger partial charge in [0.05, 0.1) is 0 Å². The van der Waals surface area contributed by atoms with Gasteiger partial charge >= 0.3 is 0 Å². The van der Waals surface area contributed by atoms with Crippen LogP contribution >= 0.6 is 0 Å². The first-order chi connectivity index (χ1) is 12.1. The van der Waals surface area contributed by atoms with Crippen molar-refractivity contribution in [1.29, 1.82) is 0 Å². The molecule has 0 bridgehead atoms. The summed E-state index contributed by atoms with van der Waals surface area (Å²) in [6.07, 6.45) is 0. The van der Waals surface area contributed by atoms with Crippen LogP contribution in [0.4, 0.5) is 10.1 Å². The maximum atomic E-state index is 12.9. The zero-order chi connectivity index (χ0) is 17.6. The smallest absolute Gasteiger partial charge is 0.274 e. The Hall–Kier alpha value is -3.21. The molecule has 4 nitrogen and oxygen atoms in total. The molecule has 1 aromatic heterocycles. The average Bonchev–Trinajstić information content (AvgIpc) is 2.61. The number of anilines is 1. The van der Waals surface area contributed by atoms with Gasteiger partial charge in [-0.25, -0.2) is 9.37 Å². The fourth-order valence-corrected chi connectivity index (χ4v) is 2.28. The largest absolute Gasteiger partial charge is 0.489 e. The Balaban J connectivity index is 1.64.